The van der Waals surface area contributed by atoms with Gasteiger partial charge in [0.05, 0.1) is 11.9 Å². The van der Waals surface area contributed by atoms with Gasteiger partial charge in [-0.3, -0.25) is 13.9 Å². The zero-order chi connectivity index (χ0) is 21.9. The fourth-order valence-corrected chi connectivity index (χ4v) is 3.94. The van der Waals surface area contributed by atoms with Gasteiger partial charge in [-0.2, -0.15) is 0 Å². The summed E-state index contributed by atoms with van der Waals surface area (Å²) in [6, 6.07) is 19.2. The minimum atomic E-state index is -3.72. The van der Waals surface area contributed by atoms with Gasteiger partial charge in [0.2, 0.25) is 15.9 Å². The van der Waals surface area contributed by atoms with E-state index in [0.717, 1.165) is 21.3 Å². The van der Waals surface area contributed by atoms with Crippen molar-refractivity contribution in [2.24, 2.45) is 0 Å². The molecule has 0 heterocycles. The summed E-state index contributed by atoms with van der Waals surface area (Å²) in [6.07, 6.45) is 1.04. The molecule has 0 unspecified atom stereocenters. The van der Waals surface area contributed by atoms with Crippen LogP contribution in [0.2, 0.25) is 0 Å². The highest BCUT2D eigenvalue weighted by Crippen LogP contribution is 2.24. The van der Waals surface area contributed by atoms with E-state index in [-0.39, 0.29) is 12.5 Å². The molecule has 2 amide bonds. The molecule has 0 saturated heterocycles. The van der Waals surface area contributed by atoms with Gasteiger partial charge in [0.15, 0.2) is 0 Å². The Morgan fingerprint density at radius 1 is 0.900 bits per heavy atom. The van der Waals surface area contributed by atoms with Crippen LogP contribution in [0.5, 0.6) is 0 Å². The molecule has 156 valence electrons. The molecule has 0 atom stereocenters. The Morgan fingerprint density at radius 3 is 2.17 bits per heavy atom. The first-order chi connectivity index (χ1) is 14.2. The van der Waals surface area contributed by atoms with Crippen molar-refractivity contribution in [3.8, 4) is 0 Å². The zero-order valence-corrected chi connectivity index (χ0v) is 17.8. The molecular formula is C22H23N3O4S. The molecule has 3 rings (SSSR count). The average molecular weight is 426 g/mol. The van der Waals surface area contributed by atoms with E-state index >= 15 is 0 Å². The summed E-state index contributed by atoms with van der Waals surface area (Å²) in [7, 11) is -0.449. The van der Waals surface area contributed by atoms with Crippen molar-refractivity contribution in [2.75, 3.05) is 36.5 Å². The average Bonchev–Trinajstić information content (AvgIpc) is 2.71. The standard InChI is InChI=1S/C22H23N3O4S/c1-24(2)22(27)17-11-13-18(14-12-17)25(30(3,28)29)15-21(26)23-20-10-6-8-16-7-4-5-9-19(16)20/h4-14H,15H2,1-3H3,(H,23,26). The van der Waals surface area contributed by atoms with E-state index in [1.165, 1.54) is 17.0 Å². The molecule has 0 aliphatic carbocycles. The van der Waals surface area contributed by atoms with Gasteiger partial charge < -0.3 is 10.2 Å². The number of rotatable bonds is 6. The first-order valence-electron chi connectivity index (χ1n) is 9.24. The van der Waals surface area contributed by atoms with Crippen LogP contribution in [0, 0.1) is 0 Å². The van der Waals surface area contributed by atoms with Gasteiger partial charge in [-0.05, 0) is 35.7 Å². The van der Waals surface area contributed by atoms with E-state index in [2.05, 4.69) is 5.32 Å². The van der Waals surface area contributed by atoms with Crippen LogP contribution in [0.3, 0.4) is 0 Å². The lowest BCUT2D eigenvalue weighted by Gasteiger charge is -2.22. The molecule has 0 aliphatic rings. The predicted molar refractivity (Wildman–Crippen MR) is 119 cm³/mol. The normalized spacial score (nSPS) is 11.2. The summed E-state index contributed by atoms with van der Waals surface area (Å²) in [4.78, 5) is 26.1. The summed E-state index contributed by atoms with van der Waals surface area (Å²) in [5, 5.41) is 4.63. The Kier molecular flexibility index (Phi) is 6.07. The third-order valence-electron chi connectivity index (χ3n) is 4.56. The van der Waals surface area contributed by atoms with Crippen LogP contribution in [0.1, 0.15) is 10.4 Å². The highest BCUT2D eigenvalue weighted by molar-refractivity contribution is 7.92. The molecule has 0 radical (unpaired) electrons. The lowest BCUT2D eigenvalue weighted by molar-refractivity contribution is -0.114. The van der Waals surface area contributed by atoms with Crippen LogP contribution >= 0.6 is 0 Å². The molecule has 0 saturated carbocycles. The monoisotopic (exact) mass is 425 g/mol. The molecule has 0 bridgehead atoms. The first kappa shape index (κ1) is 21.3. The number of hydrogen-bond acceptors (Lipinski definition) is 4. The second-order valence-corrected chi connectivity index (χ2v) is 9.00. The number of carbonyl (C=O) groups is 2. The summed E-state index contributed by atoms with van der Waals surface area (Å²) >= 11 is 0. The molecule has 0 spiro atoms. The van der Waals surface area contributed by atoms with Crippen LogP contribution in [0.15, 0.2) is 66.7 Å². The van der Waals surface area contributed by atoms with Crippen molar-refractivity contribution in [1.29, 1.82) is 0 Å². The van der Waals surface area contributed by atoms with Crippen LogP contribution in [-0.4, -0.2) is 52.0 Å². The lowest BCUT2D eigenvalue weighted by Crippen LogP contribution is -2.37. The molecular weight excluding hydrogens is 402 g/mol. The van der Waals surface area contributed by atoms with Gasteiger partial charge in [-0.15, -0.1) is 0 Å². The van der Waals surface area contributed by atoms with Gasteiger partial charge in [-0.25, -0.2) is 8.42 Å². The van der Waals surface area contributed by atoms with Gasteiger partial charge in [0, 0.05) is 30.7 Å². The van der Waals surface area contributed by atoms with E-state index in [0.29, 0.717) is 16.9 Å². The minimum absolute atomic E-state index is 0.193. The minimum Gasteiger partial charge on any atom is -0.345 e. The maximum atomic E-state index is 12.7. The van der Waals surface area contributed by atoms with Gasteiger partial charge in [-0.1, -0.05) is 36.4 Å². The van der Waals surface area contributed by atoms with Crippen molar-refractivity contribution < 1.29 is 18.0 Å². The van der Waals surface area contributed by atoms with Crippen molar-refractivity contribution in [3.05, 3.63) is 72.3 Å². The third kappa shape index (κ3) is 4.77. The number of amides is 2. The van der Waals surface area contributed by atoms with Crippen LogP contribution < -0.4 is 9.62 Å². The van der Waals surface area contributed by atoms with Gasteiger partial charge in [0.25, 0.3) is 5.91 Å². The predicted octanol–water partition coefficient (Wildman–Crippen LogP) is 2.95. The van der Waals surface area contributed by atoms with Gasteiger partial charge in [0.1, 0.15) is 6.54 Å². The Balaban J connectivity index is 1.83. The first-order valence-corrected chi connectivity index (χ1v) is 11.1. The molecule has 0 aliphatic heterocycles. The fourth-order valence-electron chi connectivity index (χ4n) is 3.08. The Bertz CT molecular complexity index is 1180. The SMILES string of the molecule is CN(C)C(=O)c1ccc(N(CC(=O)Nc2cccc3ccccc23)S(C)(=O)=O)cc1. The summed E-state index contributed by atoms with van der Waals surface area (Å²) in [5.41, 5.74) is 1.34. The molecule has 0 fully saturated rings. The van der Waals surface area contributed by atoms with E-state index < -0.39 is 15.9 Å². The molecule has 1 N–H and O–H groups in total. The summed E-state index contributed by atoms with van der Waals surface area (Å²) in [5.74, 6) is -0.661. The number of carbonyl (C=O) groups excluding carboxylic acids is 2. The van der Waals surface area contributed by atoms with Crippen molar-refractivity contribution in [3.63, 3.8) is 0 Å². The fraction of sp³-hybridized carbons (Fsp3) is 0.182. The third-order valence-corrected chi connectivity index (χ3v) is 5.70. The highest BCUT2D eigenvalue weighted by Gasteiger charge is 2.22. The van der Waals surface area contributed by atoms with E-state index in [1.807, 2.05) is 36.4 Å². The Hall–Kier alpha value is -3.39. The number of anilines is 2. The molecule has 8 heteroatoms. The Labute approximate surface area is 176 Å². The maximum Gasteiger partial charge on any atom is 0.253 e. The Morgan fingerprint density at radius 2 is 1.53 bits per heavy atom. The quantitative estimate of drug-likeness (QED) is 0.658. The van der Waals surface area contributed by atoms with Crippen LogP contribution in [0.4, 0.5) is 11.4 Å². The largest absolute Gasteiger partial charge is 0.345 e. The van der Waals surface area contributed by atoms with Crippen LogP contribution in [-0.2, 0) is 14.8 Å². The van der Waals surface area contributed by atoms with E-state index in [9.17, 15) is 18.0 Å². The number of sulfonamides is 1. The number of nitrogens with zero attached hydrogens (tertiary/aromatic N) is 2. The van der Waals surface area contributed by atoms with Crippen LogP contribution in [0.25, 0.3) is 10.8 Å². The summed E-state index contributed by atoms with van der Waals surface area (Å²) in [6.45, 7) is -0.386. The smallest absolute Gasteiger partial charge is 0.253 e. The molecule has 30 heavy (non-hydrogen) atoms. The number of nitrogens with one attached hydrogen (secondary N) is 1. The van der Waals surface area contributed by atoms with Crippen molar-refractivity contribution in [2.45, 2.75) is 0 Å². The molecule has 0 aromatic heterocycles. The molecule has 7 nitrogen and oxygen atoms in total. The second kappa shape index (κ2) is 8.54. The lowest BCUT2D eigenvalue weighted by atomic mass is 10.1. The topological polar surface area (TPSA) is 86.8 Å². The highest BCUT2D eigenvalue weighted by atomic mass is 32.2. The molecule has 3 aromatic carbocycles. The molecule has 3 aromatic rings. The number of benzene rings is 3. The zero-order valence-electron chi connectivity index (χ0n) is 17.0. The number of hydrogen-bond donors (Lipinski definition) is 1. The second-order valence-electron chi connectivity index (χ2n) is 7.09. The van der Waals surface area contributed by atoms with Gasteiger partial charge >= 0.3 is 0 Å². The maximum absolute atomic E-state index is 12.7. The van der Waals surface area contributed by atoms with Crippen molar-refractivity contribution in [1.82, 2.24) is 4.90 Å². The van der Waals surface area contributed by atoms with E-state index in [1.54, 1.807) is 32.3 Å². The van der Waals surface area contributed by atoms with E-state index in [4.69, 9.17) is 0 Å². The number of fused-ring (bicyclic) bond motifs is 1. The summed E-state index contributed by atoms with van der Waals surface area (Å²) < 4.78 is 25.7. The van der Waals surface area contributed by atoms with Crippen molar-refractivity contribution >= 4 is 44.0 Å².